The summed E-state index contributed by atoms with van der Waals surface area (Å²) in [5.41, 5.74) is 1.56. The smallest absolute Gasteiger partial charge is 0.337 e. The molecule has 0 radical (unpaired) electrons. The van der Waals surface area contributed by atoms with Crippen molar-refractivity contribution < 1.29 is 14.3 Å². The van der Waals surface area contributed by atoms with Crippen LogP contribution in [0.4, 0.5) is 11.6 Å². The van der Waals surface area contributed by atoms with E-state index in [1.54, 1.807) is 24.3 Å². The Morgan fingerprint density at radius 2 is 1.81 bits per heavy atom. The van der Waals surface area contributed by atoms with E-state index in [1.165, 1.54) is 19.5 Å². The zero-order valence-corrected chi connectivity index (χ0v) is 15.5. The summed E-state index contributed by atoms with van der Waals surface area (Å²) in [5.74, 6) is -0.113. The molecule has 8 heteroatoms. The standard InChI is InChI=1S/C19H23N5O3/c1-3-23-7-9-24(10-8-23)17(25)15-12-20-19(21-13-15)22-16-6-4-5-14(11-16)18(26)27-2/h4-6,11-13H,3,7-10H2,1-2H3,(H,20,21,22). The summed E-state index contributed by atoms with van der Waals surface area (Å²) in [6.07, 6.45) is 3.04. The Balaban J connectivity index is 1.64. The van der Waals surface area contributed by atoms with Crippen molar-refractivity contribution in [2.24, 2.45) is 0 Å². The Bertz CT molecular complexity index is 801. The second-order valence-corrected chi connectivity index (χ2v) is 6.22. The molecule has 2 aromatic rings. The average molecular weight is 369 g/mol. The van der Waals surface area contributed by atoms with Crippen molar-refractivity contribution in [3.05, 3.63) is 47.8 Å². The zero-order valence-electron chi connectivity index (χ0n) is 15.5. The molecule has 1 amide bonds. The maximum absolute atomic E-state index is 12.6. The minimum atomic E-state index is -0.413. The highest BCUT2D eigenvalue weighted by atomic mass is 16.5. The lowest BCUT2D eigenvalue weighted by molar-refractivity contribution is 0.0599. The van der Waals surface area contributed by atoms with Crippen LogP contribution in [-0.4, -0.2) is 71.5 Å². The first-order valence-corrected chi connectivity index (χ1v) is 8.89. The molecule has 1 aliphatic heterocycles. The number of benzene rings is 1. The molecule has 0 unspecified atom stereocenters. The van der Waals surface area contributed by atoms with Crippen molar-refractivity contribution in [3.8, 4) is 0 Å². The summed E-state index contributed by atoms with van der Waals surface area (Å²) in [6.45, 7) is 6.33. The first-order valence-electron chi connectivity index (χ1n) is 8.89. The number of amides is 1. The highest BCUT2D eigenvalue weighted by molar-refractivity contribution is 5.94. The number of hydrogen-bond donors (Lipinski definition) is 1. The Hall–Kier alpha value is -3.00. The summed E-state index contributed by atoms with van der Waals surface area (Å²) in [4.78, 5) is 36.8. The number of nitrogens with zero attached hydrogens (tertiary/aromatic N) is 4. The molecule has 0 bridgehead atoms. The van der Waals surface area contributed by atoms with Gasteiger partial charge < -0.3 is 19.9 Å². The van der Waals surface area contributed by atoms with Gasteiger partial charge in [0, 0.05) is 44.3 Å². The van der Waals surface area contributed by atoms with E-state index in [0.717, 1.165) is 19.6 Å². The van der Waals surface area contributed by atoms with E-state index in [0.29, 0.717) is 35.9 Å². The molecule has 2 heterocycles. The highest BCUT2D eigenvalue weighted by Crippen LogP contribution is 2.16. The molecular weight excluding hydrogens is 346 g/mol. The van der Waals surface area contributed by atoms with E-state index in [2.05, 4.69) is 27.1 Å². The third kappa shape index (κ3) is 4.59. The predicted octanol–water partition coefficient (Wildman–Crippen LogP) is 1.78. The second-order valence-electron chi connectivity index (χ2n) is 6.22. The molecule has 27 heavy (non-hydrogen) atoms. The number of piperazine rings is 1. The minimum Gasteiger partial charge on any atom is -0.465 e. The van der Waals surface area contributed by atoms with E-state index in [9.17, 15) is 9.59 Å². The molecule has 0 spiro atoms. The van der Waals surface area contributed by atoms with Gasteiger partial charge in [-0.2, -0.15) is 0 Å². The fourth-order valence-corrected chi connectivity index (χ4v) is 2.92. The van der Waals surface area contributed by atoms with Crippen LogP contribution in [0.15, 0.2) is 36.7 Å². The highest BCUT2D eigenvalue weighted by Gasteiger charge is 2.21. The van der Waals surface area contributed by atoms with Gasteiger partial charge in [-0.3, -0.25) is 4.79 Å². The lowest BCUT2D eigenvalue weighted by Gasteiger charge is -2.33. The number of anilines is 2. The summed E-state index contributed by atoms with van der Waals surface area (Å²) >= 11 is 0. The van der Waals surface area contributed by atoms with Crippen LogP contribution in [0, 0.1) is 0 Å². The number of carbonyl (C=O) groups excluding carboxylic acids is 2. The number of hydrogen-bond acceptors (Lipinski definition) is 7. The van der Waals surface area contributed by atoms with Crippen molar-refractivity contribution in [2.45, 2.75) is 6.92 Å². The number of likely N-dealkylation sites (N-methyl/N-ethyl adjacent to an activating group) is 1. The molecular formula is C19H23N5O3. The van der Waals surface area contributed by atoms with Crippen LogP contribution in [-0.2, 0) is 4.74 Å². The second kappa shape index (κ2) is 8.59. The van der Waals surface area contributed by atoms with Gasteiger partial charge in [-0.05, 0) is 24.7 Å². The number of methoxy groups -OCH3 is 1. The molecule has 1 N–H and O–H groups in total. The third-order valence-corrected chi connectivity index (χ3v) is 4.55. The number of aromatic nitrogens is 2. The summed E-state index contributed by atoms with van der Waals surface area (Å²) in [7, 11) is 1.34. The van der Waals surface area contributed by atoms with Gasteiger partial charge in [0.1, 0.15) is 0 Å². The van der Waals surface area contributed by atoms with Gasteiger partial charge in [0.25, 0.3) is 5.91 Å². The lowest BCUT2D eigenvalue weighted by atomic mass is 10.2. The monoisotopic (exact) mass is 369 g/mol. The SMILES string of the molecule is CCN1CCN(C(=O)c2cnc(Nc3cccc(C(=O)OC)c3)nc2)CC1. The molecule has 1 fully saturated rings. The van der Waals surface area contributed by atoms with Crippen LogP contribution in [0.5, 0.6) is 0 Å². The van der Waals surface area contributed by atoms with Crippen LogP contribution in [0.2, 0.25) is 0 Å². The summed E-state index contributed by atoms with van der Waals surface area (Å²) in [6, 6.07) is 6.85. The van der Waals surface area contributed by atoms with Gasteiger partial charge in [-0.25, -0.2) is 14.8 Å². The number of rotatable bonds is 5. The van der Waals surface area contributed by atoms with Gasteiger partial charge in [0.15, 0.2) is 0 Å². The Labute approximate surface area is 158 Å². The van der Waals surface area contributed by atoms with E-state index in [1.807, 2.05) is 4.90 Å². The molecule has 1 aliphatic rings. The molecule has 8 nitrogen and oxygen atoms in total. The Morgan fingerprint density at radius 3 is 2.44 bits per heavy atom. The average Bonchev–Trinajstić information content (AvgIpc) is 2.73. The fourth-order valence-electron chi connectivity index (χ4n) is 2.92. The van der Waals surface area contributed by atoms with Crippen LogP contribution in [0.1, 0.15) is 27.6 Å². The van der Waals surface area contributed by atoms with Crippen LogP contribution in [0.3, 0.4) is 0 Å². The van der Waals surface area contributed by atoms with Crippen molar-refractivity contribution in [1.29, 1.82) is 0 Å². The Kier molecular flexibility index (Phi) is 5.97. The topological polar surface area (TPSA) is 87.7 Å². The zero-order chi connectivity index (χ0) is 19.2. The maximum Gasteiger partial charge on any atom is 0.337 e. The van der Waals surface area contributed by atoms with Gasteiger partial charge in [0.2, 0.25) is 5.95 Å². The molecule has 3 rings (SSSR count). The predicted molar refractivity (Wildman–Crippen MR) is 101 cm³/mol. The summed E-state index contributed by atoms with van der Waals surface area (Å²) in [5, 5.41) is 3.02. The Morgan fingerprint density at radius 1 is 1.11 bits per heavy atom. The van der Waals surface area contributed by atoms with Crippen molar-refractivity contribution in [1.82, 2.24) is 19.8 Å². The normalized spacial score (nSPS) is 14.7. The van der Waals surface area contributed by atoms with E-state index >= 15 is 0 Å². The molecule has 1 aromatic heterocycles. The number of ether oxygens (including phenoxy) is 1. The van der Waals surface area contributed by atoms with Gasteiger partial charge >= 0.3 is 5.97 Å². The molecule has 1 saturated heterocycles. The quantitative estimate of drug-likeness (QED) is 0.804. The van der Waals surface area contributed by atoms with Crippen LogP contribution >= 0.6 is 0 Å². The number of nitrogens with one attached hydrogen (secondary N) is 1. The van der Waals surface area contributed by atoms with E-state index < -0.39 is 5.97 Å². The van der Waals surface area contributed by atoms with Crippen molar-refractivity contribution >= 4 is 23.5 Å². The van der Waals surface area contributed by atoms with Gasteiger partial charge in [-0.1, -0.05) is 13.0 Å². The van der Waals surface area contributed by atoms with Crippen LogP contribution < -0.4 is 5.32 Å². The van der Waals surface area contributed by atoms with E-state index in [4.69, 9.17) is 4.74 Å². The molecule has 142 valence electrons. The largest absolute Gasteiger partial charge is 0.465 e. The number of carbonyl (C=O) groups is 2. The van der Waals surface area contributed by atoms with Gasteiger partial charge in [0.05, 0.1) is 18.2 Å². The molecule has 1 aromatic carbocycles. The first-order chi connectivity index (χ1) is 13.1. The van der Waals surface area contributed by atoms with Crippen molar-refractivity contribution in [3.63, 3.8) is 0 Å². The van der Waals surface area contributed by atoms with Crippen molar-refractivity contribution in [2.75, 3.05) is 45.2 Å². The summed E-state index contributed by atoms with van der Waals surface area (Å²) < 4.78 is 4.71. The molecule has 0 atom stereocenters. The lowest BCUT2D eigenvalue weighted by Crippen LogP contribution is -2.48. The molecule has 0 aliphatic carbocycles. The molecule has 0 saturated carbocycles. The third-order valence-electron chi connectivity index (χ3n) is 4.55. The van der Waals surface area contributed by atoms with Crippen LogP contribution in [0.25, 0.3) is 0 Å². The van der Waals surface area contributed by atoms with Gasteiger partial charge in [-0.15, -0.1) is 0 Å². The maximum atomic E-state index is 12.6. The number of esters is 1. The minimum absolute atomic E-state index is 0.0509. The first kappa shape index (κ1) is 18.8. The fraction of sp³-hybridized carbons (Fsp3) is 0.368. The van der Waals surface area contributed by atoms with E-state index in [-0.39, 0.29) is 5.91 Å².